The number of hydrogen-bond acceptors (Lipinski definition) is 5. The van der Waals surface area contributed by atoms with Gasteiger partial charge in [-0.25, -0.2) is 0 Å². The zero-order valence-corrected chi connectivity index (χ0v) is 20.2. The molecule has 8 nitrogen and oxygen atoms in total. The number of benzene rings is 2. The second-order valence-electron chi connectivity index (χ2n) is 7.74. The van der Waals surface area contributed by atoms with Crippen LogP contribution in [0.15, 0.2) is 53.0 Å². The molecule has 1 atom stereocenters. The molecule has 0 aliphatic rings. The van der Waals surface area contributed by atoms with E-state index in [2.05, 4.69) is 31.9 Å². The van der Waals surface area contributed by atoms with E-state index in [1.54, 1.807) is 24.3 Å². The van der Waals surface area contributed by atoms with Crippen LogP contribution in [0.4, 0.5) is 17.1 Å². The van der Waals surface area contributed by atoms with E-state index >= 15 is 0 Å². The van der Waals surface area contributed by atoms with Gasteiger partial charge in [-0.15, -0.1) is 0 Å². The molecule has 0 heterocycles. The molecule has 0 saturated heterocycles. The van der Waals surface area contributed by atoms with Crippen molar-refractivity contribution in [3.8, 4) is 0 Å². The molecule has 178 valence electrons. The van der Waals surface area contributed by atoms with Crippen LogP contribution in [0.2, 0.25) is 0 Å². The lowest BCUT2D eigenvalue weighted by atomic mass is 10.1. The van der Waals surface area contributed by atoms with Crippen LogP contribution in [-0.4, -0.2) is 30.3 Å². The summed E-state index contributed by atoms with van der Waals surface area (Å²) in [7, 11) is 0. The van der Waals surface area contributed by atoms with E-state index in [1.165, 1.54) is 0 Å². The van der Waals surface area contributed by atoms with Crippen LogP contribution in [0.25, 0.3) is 0 Å². The van der Waals surface area contributed by atoms with Crippen molar-refractivity contribution in [2.45, 2.75) is 51.0 Å². The van der Waals surface area contributed by atoms with Crippen LogP contribution in [0, 0.1) is 0 Å². The van der Waals surface area contributed by atoms with Crippen molar-refractivity contribution >= 4 is 50.7 Å². The predicted molar refractivity (Wildman–Crippen MR) is 136 cm³/mol. The van der Waals surface area contributed by atoms with Crippen LogP contribution < -0.4 is 27.4 Å². The Morgan fingerprint density at radius 3 is 2.09 bits per heavy atom. The van der Waals surface area contributed by atoms with Crippen molar-refractivity contribution in [1.29, 1.82) is 0 Å². The fourth-order valence-electron chi connectivity index (χ4n) is 3.15. The van der Waals surface area contributed by atoms with Gasteiger partial charge in [0.05, 0.1) is 17.4 Å². The Morgan fingerprint density at radius 1 is 0.818 bits per heavy atom. The Labute approximate surface area is 203 Å². The molecule has 9 heteroatoms. The molecule has 33 heavy (non-hydrogen) atoms. The van der Waals surface area contributed by atoms with Gasteiger partial charge in [0.25, 0.3) is 0 Å². The fourth-order valence-corrected chi connectivity index (χ4v) is 3.54. The number of amides is 3. The maximum atomic E-state index is 12.3. The Balaban J connectivity index is 1.71. The van der Waals surface area contributed by atoms with Gasteiger partial charge in [0, 0.05) is 23.0 Å². The lowest BCUT2D eigenvalue weighted by Gasteiger charge is -2.15. The van der Waals surface area contributed by atoms with Crippen molar-refractivity contribution in [2.75, 3.05) is 22.5 Å². The van der Waals surface area contributed by atoms with Crippen molar-refractivity contribution in [1.82, 2.24) is 0 Å². The average molecular weight is 518 g/mol. The van der Waals surface area contributed by atoms with Gasteiger partial charge in [-0.05, 0) is 62.6 Å². The first-order chi connectivity index (χ1) is 15.9. The lowest BCUT2D eigenvalue weighted by molar-refractivity contribution is -0.118. The maximum Gasteiger partial charge on any atom is 0.241 e. The summed E-state index contributed by atoms with van der Waals surface area (Å²) < 4.78 is 0.905. The summed E-state index contributed by atoms with van der Waals surface area (Å²) in [5.74, 6) is -0.513. The predicted octanol–water partition coefficient (Wildman–Crippen LogP) is 3.98. The molecule has 2 rings (SSSR count). The van der Waals surface area contributed by atoms with Gasteiger partial charge < -0.3 is 27.4 Å². The van der Waals surface area contributed by atoms with E-state index in [9.17, 15) is 14.4 Å². The number of para-hydroxylation sites is 2. The van der Waals surface area contributed by atoms with E-state index < -0.39 is 6.04 Å². The Hall–Kier alpha value is -2.75. The Kier molecular flexibility index (Phi) is 11.6. The molecule has 0 bridgehead atoms. The lowest BCUT2D eigenvalue weighted by Crippen LogP contribution is -2.36. The van der Waals surface area contributed by atoms with E-state index in [-0.39, 0.29) is 17.7 Å². The highest BCUT2D eigenvalue weighted by atomic mass is 79.9. The zero-order valence-electron chi connectivity index (χ0n) is 18.6. The van der Waals surface area contributed by atoms with Gasteiger partial charge in [-0.1, -0.05) is 40.5 Å². The summed E-state index contributed by atoms with van der Waals surface area (Å²) in [6.45, 7) is 0.476. The monoisotopic (exact) mass is 517 g/mol. The topological polar surface area (TPSA) is 139 Å². The molecule has 0 aromatic heterocycles. The summed E-state index contributed by atoms with van der Waals surface area (Å²) in [6, 6.07) is 13.8. The van der Waals surface area contributed by atoms with E-state index in [0.29, 0.717) is 56.4 Å². The van der Waals surface area contributed by atoms with Gasteiger partial charge in [0.2, 0.25) is 17.7 Å². The minimum atomic E-state index is -0.655. The number of halogens is 1. The third-order valence-electron chi connectivity index (χ3n) is 4.93. The van der Waals surface area contributed by atoms with Crippen LogP contribution >= 0.6 is 15.9 Å². The fraction of sp³-hybridized carbons (Fsp3) is 0.375. The summed E-state index contributed by atoms with van der Waals surface area (Å²) in [5.41, 5.74) is 13.1. The Bertz CT molecular complexity index is 938. The second kappa shape index (κ2) is 14.4. The first-order valence-electron chi connectivity index (χ1n) is 11.1. The molecule has 0 aliphatic carbocycles. The van der Waals surface area contributed by atoms with Crippen molar-refractivity contribution in [3.63, 3.8) is 0 Å². The summed E-state index contributed by atoms with van der Waals surface area (Å²) in [4.78, 5) is 36.7. The standard InChI is InChI=1S/C24H32BrN5O3/c25-17-8-6-9-18(16-17)28-22(31)13-2-1-3-14-23(32)29-20-11-4-5-12-21(20)30-24(33)19(27)10-7-15-26/h4-6,8-9,11-12,16,19H,1-3,7,10,13-15,26-27H2,(H,28,31)(H,29,32)(H,30,33)/t19-/m0/s1. The molecular weight excluding hydrogens is 486 g/mol. The molecule has 0 unspecified atom stereocenters. The maximum absolute atomic E-state index is 12.3. The van der Waals surface area contributed by atoms with Crippen LogP contribution in [-0.2, 0) is 14.4 Å². The van der Waals surface area contributed by atoms with Gasteiger partial charge in [0.15, 0.2) is 0 Å². The van der Waals surface area contributed by atoms with Gasteiger partial charge in [-0.3, -0.25) is 14.4 Å². The number of carbonyl (C=O) groups is 3. The number of carbonyl (C=O) groups excluding carboxylic acids is 3. The molecule has 0 spiro atoms. The number of rotatable bonds is 13. The highest BCUT2D eigenvalue weighted by Crippen LogP contribution is 2.22. The molecule has 0 aliphatic heterocycles. The highest BCUT2D eigenvalue weighted by Gasteiger charge is 2.15. The van der Waals surface area contributed by atoms with Crippen LogP contribution in [0.3, 0.4) is 0 Å². The van der Waals surface area contributed by atoms with Gasteiger partial charge in [-0.2, -0.15) is 0 Å². The van der Waals surface area contributed by atoms with E-state index in [0.717, 1.165) is 16.6 Å². The Morgan fingerprint density at radius 2 is 1.45 bits per heavy atom. The number of anilines is 3. The quantitative estimate of drug-likeness (QED) is 0.255. The van der Waals surface area contributed by atoms with Gasteiger partial charge >= 0.3 is 0 Å². The minimum absolute atomic E-state index is 0.0492. The SMILES string of the molecule is NCCC[C@H](N)C(=O)Nc1ccccc1NC(=O)CCCCCC(=O)Nc1cccc(Br)c1. The van der Waals surface area contributed by atoms with E-state index in [4.69, 9.17) is 11.5 Å². The van der Waals surface area contributed by atoms with E-state index in [1.807, 2.05) is 24.3 Å². The third kappa shape index (κ3) is 10.2. The van der Waals surface area contributed by atoms with Crippen molar-refractivity contribution in [3.05, 3.63) is 53.0 Å². The highest BCUT2D eigenvalue weighted by molar-refractivity contribution is 9.10. The average Bonchev–Trinajstić information content (AvgIpc) is 2.78. The molecular formula is C24H32BrN5O3. The number of unbranched alkanes of at least 4 members (excludes halogenated alkanes) is 2. The number of hydrogen-bond donors (Lipinski definition) is 5. The van der Waals surface area contributed by atoms with Crippen LogP contribution in [0.1, 0.15) is 44.9 Å². The molecule has 7 N–H and O–H groups in total. The molecule has 0 radical (unpaired) electrons. The number of nitrogens with one attached hydrogen (secondary N) is 3. The number of nitrogens with two attached hydrogens (primary N) is 2. The normalized spacial score (nSPS) is 11.5. The second-order valence-corrected chi connectivity index (χ2v) is 8.66. The van der Waals surface area contributed by atoms with Crippen molar-refractivity contribution in [2.24, 2.45) is 11.5 Å². The zero-order chi connectivity index (χ0) is 24.1. The summed E-state index contributed by atoms with van der Waals surface area (Å²) in [5, 5.41) is 8.47. The smallest absolute Gasteiger partial charge is 0.241 e. The molecule has 2 aromatic rings. The molecule has 2 aromatic carbocycles. The first-order valence-corrected chi connectivity index (χ1v) is 11.9. The van der Waals surface area contributed by atoms with Crippen LogP contribution in [0.5, 0.6) is 0 Å². The first kappa shape index (κ1) is 26.5. The minimum Gasteiger partial charge on any atom is -0.330 e. The van der Waals surface area contributed by atoms with Crippen molar-refractivity contribution < 1.29 is 14.4 Å². The summed E-state index contributed by atoms with van der Waals surface area (Å²) >= 11 is 3.37. The third-order valence-corrected chi connectivity index (χ3v) is 5.42. The largest absolute Gasteiger partial charge is 0.330 e. The molecule has 0 fully saturated rings. The van der Waals surface area contributed by atoms with Gasteiger partial charge in [0.1, 0.15) is 0 Å². The molecule has 0 saturated carbocycles. The summed E-state index contributed by atoms with van der Waals surface area (Å²) in [6.07, 6.45) is 4.00. The molecule has 3 amide bonds.